The highest BCUT2D eigenvalue weighted by Gasteiger charge is 2.10. The second-order valence-corrected chi connectivity index (χ2v) is 3.46. The number of halogens is 1. The molecule has 0 aliphatic carbocycles. The molecule has 6 nitrogen and oxygen atoms in total. The van der Waals surface area contributed by atoms with Gasteiger partial charge >= 0.3 is 6.01 Å². The lowest BCUT2D eigenvalue weighted by Gasteiger charge is -2.15. The highest BCUT2D eigenvalue weighted by Crippen LogP contribution is 2.12. The number of hydrogen-bond acceptors (Lipinski definition) is 6. The summed E-state index contributed by atoms with van der Waals surface area (Å²) >= 11 is 5.72. The van der Waals surface area contributed by atoms with Crippen LogP contribution in [0.5, 0.6) is 6.01 Å². The first-order valence-electron chi connectivity index (χ1n) is 4.90. The van der Waals surface area contributed by atoms with Crippen LogP contribution in [0.2, 0.25) is 5.28 Å². The predicted molar refractivity (Wildman–Crippen MR) is 61.0 cm³/mol. The van der Waals surface area contributed by atoms with Crippen LogP contribution in [0.15, 0.2) is 0 Å². The van der Waals surface area contributed by atoms with E-state index < -0.39 is 0 Å². The minimum absolute atomic E-state index is 0.0987. The van der Waals surface area contributed by atoms with Crippen molar-refractivity contribution < 1.29 is 9.47 Å². The number of hydrogen-bond donors (Lipinski definition) is 1. The van der Waals surface area contributed by atoms with Crippen LogP contribution in [0.1, 0.15) is 13.3 Å². The highest BCUT2D eigenvalue weighted by atomic mass is 35.5. The average Bonchev–Trinajstić information content (AvgIpc) is 2.27. The molecule has 0 aromatic carbocycles. The summed E-state index contributed by atoms with van der Waals surface area (Å²) in [6, 6.07) is 0.322. The molecule has 0 spiro atoms. The number of ether oxygens (including phenoxy) is 2. The third kappa shape index (κ3) is 3.79. The standard InChI is InChI=1S/C9H15ClN4O2/c1-4-6(5-15-2)11-8-12-7(10)13-9(14-8)16-3/h6H,4-5H2,1-3H3,(H,11,12,13,14). The molecular formula is C9H15ClN4O2. The molecule has 1 rings (SSSR count). The molecule has 1 aromatic heterocycles. The maximum absolute atomic E-state index is 5.72. The Kier molecular flexibility index (Phi) is 5.21. The highest BCUT2D eigenvalue weighted by molar-refractivity contribution is 6.28. The van der Waals surface area contributed by atoms with E-state index in [-0.39, 0.29) is 17.3 Å². The van der Waals surface area contributed by atoms with Crippen LogP contribution < -0.4 is 10.1 Å². The third-order valence-corrected chi connectivity index (χ3v) is 2.13. The van der Waals surface area contributed by atoms with E-state index in [9.17, 15) is 0 Å². The van der Waals surface area contributed by atoms with Crippen LogP contribution in [-0.2, 0) is 4.74 Å². The third-order valence-electron chi connectivity index (χ3n) is 1.96. The molecule has 90 valence electrons. The molecule has 0 saturated heterocycles. The van der Waals surface area contributed by atoms with Crippen molar-refractivity contribution in [3.63, 3.8) is 0 Å². The van der Waals surface area contributed by atoms with E-state index in [1.807, 2.05) is 6.92 Å². The molecule has 0 aliphatic rings. The molecule has 0 saturated carbocycles. The number of rotatable bonds is 6. The van der Waals surface area contributed by atoms with Crippen molar-refractivity contribution >= 4 is 17.5 Å². The zero-order chi connectivity index (χ0) is 12.0. The van der Waals surface area contributed by atoms with E-state index in [0.29, 0.717) is 12.6 Å². The van der Waals surface area contributed by atoms with E-state index in [1.165, 1.54) is 7.11 Å². The molecule has 7 heteroatoms. The van der Waals surface area contributed by atoms with Gasteiger partial charge in [0.05, 0.1) is 19.8 Å². The Morgan fingerprint density at radius 1 is 1.31 bits per heavy atom. The van der Waals surface area contributed by atoms with E-state index in [4.69, 9.17) is 21.1 Å². The van der Waals surface area contributed by atoms with Crippen molar-refractivity contribution in [2.24, 2.45) is 0 Å². The summed E-state index contributed by atoms with van der Waals surface area (Å²) in [7, 11) is 3.12. The normalized spacial score (nSPS) is 12.2. The molecule has 1 atom stereocenters. The van der Waals surface area contributed by atoms with Gasteiger partial charge in [-0.25, -0.2) is 0 Å². The predicted octanol–water partition coefficient (Wildman–Crippen LogP) is 1.37. The summed E-state index contributed by atoms with van der Waals surface area (Å²) in [5.41, 5.74) is 0. The van der Waals surface area contributed by atoms with Crippen LogP contribution in [0.4, 0.5) is 5.95 Å². The van der Waals surface area contributed by atoms with E-state index in [1.54, 1.807) is 7.11 Å². The van der Waals surface area contributed by atoms with E-state index >= 15 is 0 Å². The minimum Gasteiger partial charge on any atom is -0.467 e. The Labute approximate surface area is 99.4 Å². The lowest BCUT2D eigenvalue weighted by Crippen LogP contribution is -2.25. The van der Waals surface area contributed by atoms with Crippen molar-refractivity contribution in [2.75, 3.05) is 26.1 Å². The first-order valence-corrected chi connectivity index (χ1v) is 5.28. The van der Waals surface area contributed by atoms with Gasteiger partial charge < -0.3 is 14.8 Å². The Morgan fingerprint density at radius 2 is 2.06 bits per heavy atom. The summed E-state index contributed by atoms with van der Waals surface area (Å²) in [5.74, 6) is 0.390. The van der Waals surface area contributed by atoms with Gasteiger partial charge in [0, 0.05) is 7.11 Å². The molecule has 1 heterocycles. The largest absolute Gasteiger partial charge is 0.467 e. The van der Waals surface area contributed by atoms with Crippen molar-refractivity contribution in [1.82, 2.24) is 15.0 Å². The zero-order valence-corrected chi connectivity index (χ0v) is 10.3. The number of methoxy groups -OCH3 is 2. The number of anilines is 1. The lowest BCUT2D eigenvalue weighted by molar-refractivity contribution is 0.184. The summed E-state index contributed by atoms with van der Waals surface area (Å²) in [5, 5.41) is 3.19. The van der Waals surface area contributed by atoms with Crippen LogP contribution >= 0.6 is 11.6 Å². The van der Waals surface area contributed by atoms with Crippen LogP contribution in [0.25, 0.3) is 0 Å². The van der Waals surface area contributed by atoms with Gasteiger partial charge in [0.25, 0.3) is 0 Å². The zero-order valence-electron chi connectivity index (χ0n) is 9.53. The Hall–Kier alpha value is -1.14. The molecule has 1 N–H and O–H groups in total. The molecule has 1 aromatic rings. The van der Waals surface area contributed by atoms with Crippen LogP contribution in [-0.4, -0.2) is 41.8 Å². The summed E-state index contributed by atoms with van der Waals surface area (Å²) < 4.78 is 9.95. The summed E-state index contributed by atoms with van der Waals surface area (Å²) in [6.07, 6.45) is 0.888. The maximum Gasteiger partial charge on any atom is 0.322 e. The Balaban J connectivity index is 2.74. The molecule has 1 unspecified atom stereocenters. The fraction of sp³-hybridized carbons (Fsp3) is 0.667. The number of nitrogens with zero attached hydrogens (tertiary/aromatic N) is 3. The van der Waals surface area contributed by atoms with Crippen molar-refractivity contribution in [3.05, 3.63) is 5.28 Å². The van der Waals surface area contributed by atoms with Crippen molar-refractivity contribution in [1.29, 1.82) is 0 Å². The number of aromatic nitrogens is 3. The second kappa shape index (κ2) is 6.44. The van der Waals surface area contributed by atoms with Gasteiger partial charge in [-0.1, -0.05) is 6.92 Å². The molecular weight excluding hydrogens is 232 g/mol. The first kappa shape index (κ1) is 12.9. The van der Waals surface area contributed by atoms with Crippen LogP contribution in [0, 0.1) is 0 Å². The molecule has 16 heavy (non-hydrogen) atoms. The lowest BCUT2D eigenvalue weighted by atomic mass is 10.2. The van der Waals surface area contributed by atoms with Gasteiger partial charge in [0.15, 0.2) is 0 Å². The van der Waals surface area contributed by atoms with Gasteiger partial charge in [-0.15, -0.1) is 0 Å². The molecule has 0 fully saturated rings. The summed E-state index contributed by atoms with van der Waals surface area (Å²) in [4.78, 5) is 11.8. The SMILES string of the molecule is CCC(COC)Nc1nc(Cl)nc(OC)n1. The number of nitrogens with one attached hydrogen (secondary N) is 1. The molecule has 0 radical (unpaired) electrons. The molecule has 0 bridgehead atoms. The topological polar surface area (TPSA) is 69.2 Å². The van der Waals surface area contributed by atoms with Gasteiger partial charge in [-0.05, 0) is 18.0 Å². The molecule has 0 amide bonds. The quantitative estimate of drug-likeness (QED) is 0.818. The van der Waals surface area contributed by atoms with E-state index in [2.05, 4.69) is 20.3 Å². The van der Waals surface area contributed by atoms with Gasteiger partial charge in [-0.2, -0.15) is 15.0 Å². The summed E-state index contributed by atoms with van der Waals surface area (Å²) in [6.45, 7) is 2.61. The van der Waals surface area contributed by atoms with Gasteiger partial charge in [-0.3, -0.25) is 0 Å². The fourth-order valence-electron chi connectivity index (χ4n) is 1.13. The Bertz CT molecular complexity index is 337. The van der Waals surface area contributed by atoms with Crippen LogP contribution in [0.3, 0.4) is 0 Å². The van der Waals surface area contributed by atoms with Crippen molar-refractivity contribution in [2.45, 2.75) is 19.4 Å². The molecule has 0 aliphatic heterocycles. The minimum atomic E-state index is 0.0987. The smallest absolute Gasteiger partial charge is 0.322 e. The van der Waals surface area contributed by atoms with Crippen molar-refractivity contribution in [3.8, 4) is 6.01 Å². The van der Waals surface area contributed by atoms with Gasteiger partial charge in [0.2, 0.25) is 11.2 Å². The van der Waals surface area contributed by atoms with E-state index in [0.717, 1.165) is 6.42 Å². The average molecular weight is 247 g/mol. The second-order valence-electron chi connectivity index (χ2n) is 3.12. The fourth-order valence-corrected chi connectivity index (χ4v) is 1.29. The Morgan fingerprint density at radius 3 is 2.62 bits per heavy atom. The maximum atomic E-state index is 5.72. The van der Waals surface area contributed by atoms with Gasteiger partial charge in [0.1, 0.15) is 0 Å². The monoisotopic (exact) mass is 246 g/mol. The first-order chi connectivity index (χ1) is 7.69.